The number of benzene rings is 4. The summed E-state index contributed by atoms with van der Waals surface area (Å²) in [5.74, 6) is -5.21. The molecule has 4 amide bonds. The number of phenolic OH excluding ortho intramolecular Hbond substituents is 1. The number of fused-ring (bicyclic) bond motifs is 5. The van der Waals surface area contributed by atoms with Crippen molar-refractivity contribution in [3.05, 3.63) is 124 Å². The molecule has 2 aromatic heterocycles. The molecule has 6 atom stereocenters. The summed E-state index contributed by atoms with van der Waals surface area (Å²) in [5, 5.41) is 27.0. The zero-order valence-electron chi connectivity index (χ0n) is 34.9. The molecule has 4 aromatic carbocycles. The minimum absolute atomic E-state index is 0.0897. The van der Waals surface area contributed by atoms with Crippen LogP contribution < -0.4 is 14.7 Å². The number of carbonyl (C=O) groups excluding carboxylic acids is 4. The Kier molecular flexibility index (Phi) is 9.73. The van der Waals surface area contributed by atoms with Crippen LogP contribution in [0.15, 0.2) is 113 Å². The first-order valence-electron chi connectivity index (χ1n) is 20.6. The average Bonchev–Trinajstić information content (AvgIpc) is 3.94. The van der Waals surface area contributed by atoms with E-state index in [2.05, 4.69) is 10.2 Å². The molecule has 2 aliphatic heterocycles. The maximum atomic E-state index is 15.2. The number of aryl methyl sites for hydroxylation is 2. The molecule has 1 saturated carbocycles. The lowest BCUT2D eigenvalue weighted by Gasteiger charge is -2.49. The maximum Gasteiger partial charge on any atom is 0.242 e. The van der Waals surface area contributed by atoms with E-state index < -0.39 is 46.8 Å². The van der Waals surface area contributed by atoms with E-state index in [9.17, 15) is 14.7 Å². The first-order valence-corrected chi connectivity index (χ1v) is 22.2. The molecule has 1 N–H and O–H groups in total. The van der Waals surface area contributed by atoms with E-state index in [4.69, 9.17) is 28.3 Å². The molecule has 63 heavy (non-hydrogen) atoms. The summed E-state index contributed by atoms with van der Waals surface area (Å²) >= 11 is 14.5. The van der Waals surface area contributed by atoms with Gasteiger partial charge in [0, 0.05) is 59.1 Å². The predicted octanol–water partition coefficient (Wildman–Crippen LogP) is 10.5. The minimum atomic E-state index is -1.40. The first-order chi connectivity index (χ1) is 30.1. The van der Waals surface area contributed by atoms with Crippen LogP contribution in [0.4, 0.5) is 28.6 Å². The lowest BCUT2D eigenvalue weighted by atomic mass is 9.51. The maximum absolute atomic E-state index is 15.2. The van der Waals surface area contributed by atoms with Crippen molar-refractivity contribution in [2.75, 3.05) is 28.8 Å². The molecule has 6 aromatic rings. The van der Waals surface area contributed by atoms with Crippen molar-refractivity contribution in [1.29, 1.82) is 0 Å². The normalized spacial score (nSPS) is 24.4. The van der Waals surface area contributed by atoms with E-state index in [1.807, 2.05) is 74.5 Å². The number of carbonyl (C=O) groups is 4. The van der Waals surface area contributed by atoms with Gasteiger partial charge >= 0.3 is 0 Å². The molecule has 10 rings (SSSR count). The summed E-state index contributed by atoms with van der Waals surface area (Å²) in [7, 11) is 5.63. The summed E-state index contributed by atoms with van der Waals surface area (Å²) < 4.78 is 2.58. The van der Waals surface area contributed by atoms with Crippen molar-refractivity contribution in [3.63, 3.8) is 0 Å². The van der Waals surface area contributed by atoms with E-state index in [1.165, 1.54) is 15.9 Å². The van der Waals surface area contributed by atoms with Crippen molar-refractivity contribution < 1.29 is 24.3 Å². The number of amides is 4. The predicted molar refractivity (Wildman–Crippen MR) is 245 cm³/mol. The van der Waals surface area contributed by atoms with Crippen molar-refractivity contribution in [2.24, 2.45) is 46.4 Å². The summed E-state index contributed by atoms with van der Waals surface area (Å²) in [5.41, 5.74) is 3.97. The molecule has 2 aliphatic carbocycles. The summed E-state index contributed by atoms with van der Waals surface area (Å²) in [4.78, 5) is 64.5. The quantitative estimate of drug-likeness (QED) is 0.0955. The highest BCUT2D eigenvalue weighted by Crippen LogP contribution is 2.64. The second kappa shape index (κ2) is 15.0. The highest BCUT2D eigenvalue weighted by atomic mass is 35.5. The van der Waals surface area contributed by atoms with Gasteiger partial charge in [0.25, 0.3) is 0 Å². The number of allylic oxidation sites excluding steroid dienone is 2. The van der Waals surface area contributed by atoms with Crippen LogP contribution in [-0.2, 0) is 26.2 Å². The first kappa shape index (κ1) is 40.9. The molecule has 0 spiro atoms. The SMILES string of the molecule is Cc1c(-c2cc(N3C(=O)[C@@H]4C[C@@H]5C(=CC[C@@H]6C(=O)N(c7ccc(N=Nc8ccc(N(C)C)cc8)cc7)C(=O)[C@@H]65)[C@H](c5cc(Cl)ccc5O)[C@]4(C)C3=O)n(C)n2)sc2ccc(Cl)cc12. The Morgan fingerprint density at radius 2 is 1.49 bits per heavy atom. The molecular formula is C48H41Cl2N7O5S. The highest BCUT2D eigenvalue weighted by Gasteiger charge is 2.68. The molecule has 15 heteroatoms. The van der Waals surface area contributed by atoms with Gasteiger partial charge in [-0.25, -0.2) is 4.90 Å². The topological polar surface area (TPSA) is 141 Å². The second-order valence-corrected chi connectivity index (χ2v) is 19.1. The summed E-state index contributed by atoms with van der Waals surface area (Å²) in [6.07, 6.45) is 2.33. The van der Waals surface area contributed by atoms with Crippen LogP contribution in [0.2, 0.25) is 10.0 Å². The number of hydrogen-bond donors (Lipinski definition) is 1. The van der Waals surface area contributed by atoms with Crippen LogP contribution >= 0.6 is 34.5 Å². The van der Waals surface area contributed by atoms with Gasteiger partial charge in [-0.15, -0.1) is 11.3 Å². The molecule has 4 heterocycles. The van der Waals surface area contributed by atoms with Gasteiger partial charge < -0.3 is 10.0 Å². The average molecular weight is 899 g/mol. The molecule has 2 saturated heterocycles. The fraction of sp³-hybridized carbons (Fsp3) is 0.271. The van der Waals surface area contributed by atoms with Crippen LogP contribution in [0.3, 0.4) is 0 Å². The standard InChI is InChI=1S/C48H41Cl2N7O5S/c1-24-33-20-26(50)7-19-39(33)63-43(24)37-23-40(55(5)53-37)57-45(60)36-22-34-31(42(48(36,2)47(57)62)35-21-25(49)6-18-38(35)58)16-17-32-41(34)46(61)56(44(32)59)30-14-10-28(11-15-30)52-51-27-8-12-29(13-9-27)54(3)4/h6-16,18-21,23,32,34,36,41-42,58H,17,22H2,1-5H3/t32-,34+,36-,41-,42+,48+/m0/s1. The molecular weight excluding hydrogens is 858 g/mol. The van der Waals surface area contributed by atoms with E-state index >= 15 is 9.59 Å². The van der Waals surface area contributed by atoms with Crippen molar-refractivity contribution in [1.82, 2.24) is 9.78 Å². The lowest BCUT2D eigenvalue weighted by Crippen LogP contribution is -2.49. The van der Waals surface area contributed by atoms with Crippen molar-refractivity contribution >= 4 is 96.8 Å². The number of aromatic hydroxyl groups is 1. The number of azo groups is 1. The van der Waals surface area contributed by atoms with Crippen molar-refractivity contribution in [3.8, 4) is 16.3 Å². The van der Waals surface area contributed by atoms with Gasteiger partial charge in [-0.1, -0.05) is 34.9 Å². The van der Waals surface area contributed by atoms with Gasteiger partial charge in [-0.3, -0.25) is 28.8 Å². The third kappa shape index (κ3) is 6.34. The van der Waals surface area contributed by atoms with E-state index in [0.717, 1.165) is 31.8 Å². The Morgan fingerprint density at radius 3 is 2.19 bits per heavy atom. The van der Waals surface area contributed by atoms with Gasteiger partial charge in [0.05, 0.1) is 45.1 Å². The Bertz CT molecular complexity index is 3000. The molecule has 4 aliphatic rings. The third-order valence-corrected chi connectivity index (χ3v) is 15.3. The number of aromatic nitrogens is 2. The Balaban J connectivity index is 0.993. The lowest BCUT2D eigenvalue weighted by molar-refractivity contribution is -0.131. The van der Waals surface area contributed by atoms with Gasteiger partial charge in [-0.2, -0.15) is 15.3 Å². The van der Waals surface area contributed by atoms with Crippen LogP contribution in [-0.4, -0.2) is 52.6 Å². The van der Waals surface area contributed by atoms with Crippen LogP contribution in [0.5, 0.6) is 5.75 Å². The summed E-state index contributed by atoms with van der Waals surface area (Å²) in [6, 6.07) is 26.6. The molecule has 12 nitrogen and oxygen atoms in total. The summed E-state index contributed by atoms with van der Waals surface area (Å²) in [6.45, 7) is 3.77. The van der Waals surface area contributed by atoms with Gasteiger partial charge in [-0.05, 0) is 128 Å². The number of anilines is 3. The Morgan fingerprint density at radius 1 is 0.825 bits per heavy atom. The number of rotatable bonds is 7. The molecule has 0 bridgehead atoms. The van der Waals surface area contributed by atoms with E-state index in [-0.39, 0.29) is 30.4 Å². The fourth-order valence-electron chi connectivity index (χ4n) is 10.4. The van der Waals surface area contributed by atoms with E-state index in [0.29, 0.717) is 44.2 Å². The fourth-order valence-corrected chi connectivity index (χ4v) is 11.9. The Hall–Kier alpha value is -6.15. The molecule has 0 radical (unpaired) electrons. The van der Waals surface area contributed by atoms with E-state index in [1.54, 1.807) is 72.5 Å². The second-order valence-electron chi connectivity index (χ2n) is 17.2. The zero-order chi connectivity index (χ0) is 44.2. The molecule has 0 unspecified atom stereocenters. The van der Waals surface area contributed by atoms with Crippen LogP contribution in [0.25, 0.3) is 20.7 Å². The highest BCUT2D eigenvalue weighted by molar-refractivity contribution is 7.22. The van der Waals surface area contributed by atoms with Crippen LogP contribution in [0.1, 0.15) is 36.8 Å². The minimum Gasteiger partial charge on any atom is -0.508 e. The molecule has 318 valence electrons. The van der Waals surface area contributed by atoms with Crippen LogP contribution in [0, 0.1) is 36.0 Å². The van der Waals surface area contributed by atoms with Crippen molar-refractivity contribution in [2.45, 2.75) is 32.6 Å². The zero-order valence-corrected chi connectivity index (χ0v) is 37.2. The van der Waals surface area contributed by atoms with Gasteiger partial charge in [0.15, 0.2) is 0 Å². The number of nitrogens with zero attached hydrogens (tertiary/aromatic N) is 7. The third-order valence-electron chi connectivity index (χ3n) is 13.5. The number of thiophene rings is 1. The molecule has 3 fully saturated rings. The number of hydrogen-bond acceptors (Lipinski definition) is 10. The van der Waals surface area contributed by atoms with Gasteiger partial charge in [0.1, 0.15) is 17.3 Å². The number of halogens is 2. The Labute approximate surface area is 377 Å². The largest absolute Gasteiger partial charge is 0.508 e. The smallest absolute Gasteiger partial charge is 0.242 e. The monoisotopic (exact) mass is 897 g/mol. The number of imide groups is 2. The van der Waals surface area contributed by atoms with Gasteiger partial charge in [0.2, 0.25) is 23.6 Å². The number of phenols is 1.